The molecule has 0 aromatic heterocycles. The molecule has 0 unspecified atom stereocenters. The lowest BCUT2D eigenvalue weighted by Gasteiger charge is -2.28. The Morgan fingerprint density at radius 1 is 1.18 bits per heavy atom. The molecule has 1 aliphatic heterocycles. The molecular formula is C17H24N2O3. The summed E-state index contributed by atoms with van der Waals surface area (Å²) in [7, 11) is 0. The molecule has 1 aliphatic rings. The van der Waals surface area contributed by atoms with Gasteiger partial charge in [-0.25, -0.2) is 0 Å². The van der Waals surface area contributed by atoms with Gasteiger partial charge in [-0.05, 0) is 37.1 Å². The fraction of sp³-hybridized carbons (Fsp3) is 0.529. The van der Waals surface area contributed by atoms with Crippen molar-refractivity contribution in [3.63, 3.8) is 0 Å². The predicted molar refractivity (Wildman–Crippen MR) is 86.0 cm³/mol. The summed E-state index contributed by atoms with van der Waals surface area (Å²) in [4.78, 5) is 27.6. The highest BCUT2D eigenvalue weighted by Crippen LogP contribution is 2.19. The van der Waals surface area contributed by atoms with Gasteiger partial charge in [0.2, 0.25) is 11.8 Å². The van der Waals surface area contributed by atoms with Crippen LogP contribution in [0.15, 0.2) is 18.2 Å². The highest BCUT2D eigenvalue weighted by molar-refractivity contribution is 5.92. The molecule has 1 fully saturated rings. The zero-order chi connectivity index (χ0) is 16.1. The molecule has 0 N–H and O–H groups in total. The number of benzene rings is 1. The Bertz CT molecular complexity index is 551. The van der Waals surface area contributed by atoms with Gasteiger partial charge in [-0.3, -0.25) is 9.59 Å². The number of hydrogen-bond donors (Lipinski definition) is 0. The van der Waals surface area contributed by atoms with Crippen LogP contribution in [0.25, 0.3) is 0 Å². The average Bonchev–Trinajstić information content (AvgIpc) is 2.51. The maximum absolute atomic E-state index is 12.2. The van der Waals surface area contributed by atoms with E-state index in [9.17, 15) is 9.59 Å². The molecular weight excluding hydrogens is 280 g/mol. The van der Waals surface area contributed by atoms with Crippen molar-refractivity contribution in [3.8, 4) is 0 Å². The number of ether oxygens (including phenoxy) is 1. The fourth-order valence-electron chi connectivity index (χ4n) is 2.54. The lowest BCUT2D eigenvalue weighted by Crippen LogP contribution is -2.42. The van der Waals surface area contributed by atoms with Gasteiger partial charge >= 0.3 is 0 Å². The lowest BCUT2D eigenvalue weighted by molar-refractivity contribution is -0.135. The van der Waals surface area contributed by atoms with Crippen LogP contribution in [0.3, 0.4) is 0 Å². The number of rotatable bonds is 4. The third-order valence-electron chi connectivity index (χ3n) is 4.10. The van der Waals surface area contributed by atoms with Crippen LogP contribution in [0.1, 0.15) is 24.5 Å². The number of aryl methyl sites for hydroxylation is 2. The van der Waals surface area contributed by atoms with Crippen molar-refractivity contribution >= 4 is 17.5 Å². The third kappa shape index (κ3) is 4.07. The molecule has 5 heteroatoms. The smallest absolute Gasteiger partial charge is 0.224 e. The molecule has 120 valence electrons. The molecule has 5 nitrogen and oxygen atoms in total. The van der Waals surface area contributed by atoms with E-state index in [-0.39, 0.29) is 11.8 Å². The van der Waals surface area contributed by atoms with Crippen LogP contribution in [-0.2, 0) is 14.3 Å². The number of morpholine rings is 1. The van der Waals surface area contributed by atoms with E-state index in [4.69, 9.17) is 4.74 Å². The first-order valence-electron chi connectivity index (χ1n) is 7.70. The Morgan fingerprint density at radius 3 is 2.45 bits per heavy atom. The van der Waals surface area contributed by atoms with Gasteiger partial charge in [-0.2, -0.15) is 0 Å². The van der Waals surface area contributed by atoms with E-state index >= 15 is 0 Å². The Labute approximate surface area is 131 Å². The standard InChI is InChI=1S/C17H24N2O3/c1-13-4-5-16(12-14(13)2)19(15(3)20)7-6-17(21)18-8-10-22-11-9-18/h4-5,12H,6-11H2,1-3H3. The quantitative estimate of drug-likeness (QED) is 0.854. The molecule has 1 aromatic rings. The van der Waals surface area contributed by atoms with Crippen molar-refractivity contribution in [2.45, 2.75) is 27.2 Å². The molecule has 0 saturated carbocycles. The summed E-state index contributed by atoms with van der Waals surface area (Å²) in [5, 5.41) is 0. The maximum Gasteiger partial charge on any atom is 0.224 e. The number of anilines is 1. The van der Waals surface area contributed by atoms with Crippen LogP contribution >= 0.6 is 0 Å². The number of amides is 2. The molecule has 1 aromatic carbocycles. The van der Waals surface area contributed by atoms with E-state index in [2.05, 4.69) is 0 Å². The van der Waals surface area contributed by atoms with Gasteiger partial charge in [-0.1, -0.05) is 6.07 Å². The number of carbonyl (C=O) groups is 2. The predicted octanol–water partition coefficient (Wildman–Crippen LogP) is 1.91. The van der Waals surface area contributed by atoms with Crippen LogP contribution < -0.4 is 4.90 Å². The molecule has 2 amide bonds. The van der Waals surface area contributed by atoms with Crippen molar-refractivity contribution in [2.24, 2.45) is 0 Å². The zero-order valence-corrected chi connectivity index (χ0v) is 13.6. The molecule has 0 bridgehead atoms. The zero-order valence-electron chi connectivity index (χ0n) is 13.6. The lowest BCUT2D eigenvalue weighted by atomic mass is 10.1. The first-order valence-corrected chi connectivity index (χ1v) is 7.70. The Morgan fingerprint density at radius 2 is 1.86 bits per heavy atom. The monoisotopic (exact) mass is 304 g/mol. The molecule has 22 heavy (non-hydrogen) atoms. The first kappa shape index (κ1) is 16.5. The van der Waals surface area contributed by atoms with Gasteiger partial charge in [0.25, 0.3) is 0 Å². The number of hydrogen-bond acceptors (Lipinski definition) is 3. The topological polar surface area (TPSA) is 49.9 Å². The van der Waals surface area contributed by atoms with E-state index < -0.39 is 0 Å². The molecule has 0 aliphatic carbocycles. The minimum Gasteiger partial charge on any atom is -0.378 e. The van der Waals surface area contributed by atoms with Gasteiger partial charge in [0.1, 0.15) is 0 Å². The van der Waals surface area contributed by atoms with E-state index in [1.807, 2.05) is 36.9 Å². The molecule has 1 saturated heterocycles. The number of carbonyl (C=O) groups excluding carboxylic acids is 2. The number of nitrogens with zero attached hydrogens (tertiary/aromatic N) is 2. The van der Waals surface area contributed by atoms with E-state index in [1.165, 1.54) is 12.5 Å². The first-order chi connectivity index (χ1) is 10.5. The van der Waals surface area contributed by atoms with Crippen LogP contribution in [0.5, 0.6) is 0 Å². The summed E-state index contributed by atoms with van der Waals surface area (Å²) < 4.78 is 5.25. The fourth-order valence-corrected chi connectivity index (χ4v) is 2.54. The minimum atomic E-state index is -0.0435. The van der Waals surface area contributed by atoms with Crippen LogP contribution in [0.2, 0.25) is 0 Å². The molecule has 0 radical (unpaired) electrons. The second kappa shape index (κ2) is 7.40. The van der Waals surface area contributed by atoms with Crippen molar-refractivity contribution < 1.29 is 14.3 Å². The van der Waals surface area contributed by atoms with Gasteiger partial charge in [0, 0.05) is 38.7 Å². The van der Waals surface area contributed by atoms with E-state index in [0.29, 0.717) is 39.3 Å². The highest BCUT2D eigenvalue weighted by atomic mass is 16.5. The minimum absolute atomic E-state index is 0.0435. The van der Waals surface area contributed by atoms with Crippen LogP contribution in [0.4, 0.5) is 5.69 Å². The molecule has 0 spiro atoms. The Hall–Kier alpha value is -1.88. The van der Waals surface area contributed by atoms with Crippen molar-refractivity contribution in [1.82, 2.24) is 4.90 Å². The normalized spacial score (nSPS) is 14.8. The third-order valence-corrected chi connectivity index (χ3v) is 4.10. The van der Waals surface area contributed by atoms with Gasteiger partial charge < -0.3 is 14.5 Å². The van der Waals surface area contributed by atoms with E-state index in [0.717, 1.165) is 11.3 Å². The summed E-state index contributed by atoms with van der Waals surface area (Å²) in [6, 6.07) is 5.93. The molecule has 1 heterocycles. The van der Waals surface area contributed by atoms with Crippen LogP contribution in [-0.4, -0.2) is 49.6 Å². The van der Waals surface area contributed by atoms with Crippen molar-refractivity contribution in [3.05, 3.63) is 29.3 Å². The maximum atomic E-state index is 12.2. The van der Waals surface area contributed by atoms with Gasteiger partial charge in [-0.15, -0.1) is 0 Å². The second-order valence-corrected chi connectivity index (χ2v) is 5.68. The summed E-state index contributed by atoms with van der Waals surface area (Å²) >= 11 is 0. The van der Waals surface area contributed by atoms with Crippen molar-refractivity contribution in [1.29, 1.82) is 0 Å². The Balaban J connectivity index is 2.01. The highest BCUT2D eigenvalue weighted by Gasteiger charge is 2.19. The van der Waals surface area contributed by atoms with E-state index in [1.54, 1.807) is 4.90 Å². The summed E-state index contributed by atoms with van der Waals surface area (Å²) in [5.74, 6) is 0.0383. The van der Waals surface area contributed by atoms with Gasteiger partial charge in [0.15, 0.2) is 0 Å². The average molecular weight is 304 g/mol. The van der Waals surface area contributed by atoms with Crippen molar-refractivity contribution in [2.75, 3.05) is 37.7 Å². The summed E-state index contributed by atoms with van der Waals surface area (Å²) in [6.07, 6.45) is 0.340. The summed E-state index contributed by atoms with van der Waals surface area (Å²) in [6.45, 7) is 8.49. The molecule has 0 atom stereocenters. The van der Waals surface area contributed by atoms with Crippen LogP contribution in [0, 0.1) is 13.8 Å². The second-order valence-electron chi connectivity index (χ2n) is 5.68. The largest absolute Gasteiger partial charge is 0.378 e. The molecule has 2 rings (SSSR count). The Kier molecular flexibility index (Phi) is 5.55. The van der Waals surface area contributed by atoms with Gasteiger partial charge in [0.05, 0.1) is 13.2 Å². The SMILES string of the molecule is CC(=O)N(CCC(=O)N1CCOCC1)c1ccc(C)c(C)c1. The summed E-state index contributed by atoms with van der Waals surface area (Å²) in [5.41, 5.74) is 3.19.